The Morgan fingerprint density at radius 2 is 1.86 bits per heavy atom. The van der Waals surface area contributed by atoms with Gasteiger partial charge in [-0.3, -0.25) is 0 Å². The number of hydrogen-bond acceptors (Lipinski definition) is 1. The van der Waals surface area contributed by atoms with Crippen molar-refractivity contribution in [3.05, 3.63) is 29.3 Å². The Hall–Kier alpha value is -0.980. The van der Waals surface area contributed by atoms with Gasteiger partial charge in [-0.15, -0.1) is 0 Å². The second kappa shape index (κ2) is 4.04. The van der Waals surface area contributed by atoms with E-state index in [1.807, 2.05) is 12.1 Å². The molecule has 14 heavy (non-hydrogen) atoms. The van der Waals surface area contributed by atoms with Crippen LogP contribution in [0.1, 0.15) is 49.1 Å². The van der Waals surface area contributed by atoms with Crippen molar-refractivity contribution in [2.24, 2.45) is 0 Å². The monoisotopic (exact) mass is 190 g/mol. The minimum Gasteiger partial charge on any atom is -0.508 e. The summed E-state index contributed by atoms with van der Waals surface area (Å²) in [6.45, 7) is 2.10. The molecule has 0 bridgehead atoms. The molecule has 1 N–H and O–H groups in total. The molecular weight excluding hydrogens is 172 g/mol. The zero-order chi connectivity index (χ0) is 9.97. The van der Waals surface area contributed by atoms with Crippen LogP contribution in [0.25, 0.3) is 0 Å². The first-order valence-electron chi connectivity index (χ1n) is 5.57. The van der Waals surface area contributed by atoms with Gasteiger partial charge in [0, 0.05) is 0 Å². The predicted molar refractivity (Wildman–Crippen MR) is 58.7 cm³/mol. The van der Waals surface area contributed by atoms with Gasteiger partial charge in [0.05, 0.1) is 0 Å². The van der Waals surface area contributed by atoms with Crippen LogP contribution < -0.4 is 0 Å². The lowest BCUT2D eigenvalue weighted by atomic mass is 9.82. The van der Waals surface area contributed by atoms with E-state index in [4.69, 9.17) is 0 Å². The van der Waals surface area contributed by atoms with Crippen molar-refractivity contribution in [2.45, 2.75) is 44.9 Å². The fraction of sp³-hybridized carbons (Fsp3) is 0.538. The highest BCUT2D eigenvalue weighted by atomic mass is 16.3. The van der Waals surface area contributed by atoms with Crippen LogP contribution in [0.4, 0.5) is 0 Å². The molecule has 0 heterocycles. The number of rotatable bonds is 1. The van der Waals surface area contributed by atoms with Crippen LogP contribution in [0.3, 0.4) is 0 Å². The molecule has 1 saturated carbocycles. The maximum atomic E-state index is 9.84. The first kappa shape index (κ1) is 9.57. The molecule has 0 unspecified atom stereocenters. The molecule has 0 amide bonds. The van der Waals surface area contributed by atoms with E-state index < -0.39 is 0 Å². The molecule has 1 fully saturated rings. The fourth-order valence-electron chi connectivity index (χ4n) is 2.59. The Balaban J connectivity index is 2.29. The maximum Gasteiger partial charge on any atom is 0.119 e. The molecule has 0 aromatic heterocycles. The van der Waals surface area contributed by atoms with Crippen LogP contribution in [0.5, 0.6) is 5.75 Å². The van der Waals surface area contributed by atoms with E-state index >= 15 is 0 Å². The van der Waals surface area contributed by atoms with E-state index in [0.717, 1.165) is 0 Å². The third-order valence-electron chi connectivity index (χ3n) is 3.31. The highest BCUT2D eigenvalue weighted by Crippen LogP contribution is 2.38. The lowest BCUT2D eigenvalue weighted by molar-refractivity contribution is 0.413. The Bertz CT molecular complexity index is 291. The maximum absolute atomic E-state index is 9.84. The zero-order valence-corrected chi connectivity index (χ0v) is 8.79. The lowest BCUT2D eigenvalue weighted by Gasteiger charge is -2.24. The summed E-state index contributed by atoms with van der Waals surface area (Å²) in [7, 11) is 0. The predicted octanol–water partition coefficient (Wildman–Crippen LogP) is 3.75. The summed E-state index contributed by atoms with van der Waals surface area (Å²) in [5.74, 6) is 1.10. The van der Waals surface area contributed by atoms with Crippen molar-refractivity contribution in [2.75, 3.05) is 0 Å². The smallest absolute Gasteiger partial charge is 0.119 e. The van der Waals surface area contributed by atoms with E-state index in [-0.39, 0.29) is 0 Å². The summed E-state index contributed by atoms with van der Waals surface area (Å²) < 4.78 is 0. The number of aromatic hydroxyl groups is 1. The molecule has 1 heteroatoms. The first-order chi connectivity index (χ1) is 6.79. The van der Waals surface area contributed by atoms with Crippen LogP contribution in [0, 0.1) is 6.92 Å². The first-order valence-corrected chi connectivity index (χ1v) is 5.57. The van der Waals surface area contributed by atoms with Gasteiger partial charge in [0.1, 0.15) is 5.75 Å². The van der Waals surface area contributed by atoms with Crippen LogP contribution in [-0.2, 0) is 0 Å². The Morgan fingerprint density at radius 3 is 2.50 bits per heavy atom. The highest BCUT2D eigenvalue weighted by molar-refractivity contribution is 5.41. The number of aryl methyl sites for hydroxylation is 1. The van der Waals surface area contributed by atoms with Crippen molar-refractivity contribution in [1.29, 1.82) is 0 Å². The topological polar surface area (TPSA) is 20.2 Å². The average molecular weight is 190 g/mol. The second-order valence-corrected chi connectivity index (χ2v) is 4.34. The molecule has 0 saturated heterocycles. The third kappa shape index (κ3) is 1.77. The van der Waals surface area contributed by atoms with Gasteiger partial charge in [-0.05, 0) is 42.9 Å². The quantitative estimate of drug-likeness (QED) is 0.715. The minimum absolute atomic E-state index is 0.497. The highest BCUT2D eigenvalue weighted by Gasteiger charge is 2.19. The number of phenols is 1. The number of benzene rings is 1. The van der Waals surface area contributed by atoms with E-state index in [0.29, 0.717) is 11.7 Å². The molecule has 0 aliphatic heterocycles. The van der Waals surface area contributed by atoms with Gasteiger partial charge < -0.3 is 5.11 Å². The summed E-state index contributed by atoms with van der Waals surface area (Å²) in [6.07, 6.45) is 6.50. The summed E-state index contributed by atoms with van der Waals surface area (Å²) in [4.78, 5) is 0. The molecule has 0 atom stereocenters. The number of hydrogen-bond donors (Lipinski definition) is 1. The molecule has 1 nitrogen and oxygen atoms in total. The summed E-state index contributed by atoms with van der Waals surface area (Å²) in [6, 6.07) is 5.84. The molecule has 1 aromatic carbocycles. The van der Waals surface area contributed by atoms with Gasteiger partial charge in [0.2, 0.25) is 0 Å². The van der Waals surface area contributed by atoms with E-state index in [1.165, 1.54) is 43.2 Å². The average Bonchev–Trinajstić information content (AvgIpc) is 2.19. The van der Waals surface area contributed by atoms with Gasteiger partial charge in [-0.25, -0.2) is 0 Å². The summed E-state index contributed by atoms with van der Waals surface area (Å²) in [5, 5.41) is 9.84. The van der Waals surface area contributed by atoms with Crippen LogP contribution >= 0.6 is 0 Å². The van der Waals surface area contributed by atoms with Crippen LogP contribution in [-0.4, -0.2) is 5.11 Å². The van der Waals surface area contributed by atoms with Crippen molar-refractivity contribution < 1.29 is 5.11 Å². The van der Waals surface area contributed by atoms with E-state index in [1.54, 1.807) is 0 Å². The molecule has 0 spiro atoms. The van der Waals surface area contributed by atoms with Gasteiger partial charge in [-0.1, -0.05) is 31.4 Å². The molecule has 1 aliphatic rings. The van der Waals surface area contributed by atoms with E-state index in [2.05, 4.69) is 13.0 Å². The SMILES string of the molecule is Cc1cccc(O)c1C1CCCCC1. The molecule has 1 aromatic rings. The second-order valence-electron chi connectivity index (χ2n) is 4.34. The fourth-order valence-corrected chi connectivity index (χ4v) is 2.59. The van der Waals surface area contributed by atoms with Crippen molar-refractivity contribution >= 4 is 0 Å². The van der Waals surface area contributed by atoms with Crippen molar-refractivity contribution in [3.63, 3.8) is 0 Å². The normalized spacial score (nSPS) is 18.4. The molecule has 2 rings (SSSR count). The molecule has 1 aliphatic carbocycles. The molecular formula is C13H18O. The number of phenolic OH excluding ortho intramolecular Hbond substituents is 1. The van der Waals surface area contributed by atoms with Gasteiger partial charge in [-0.2, -0.15) is 0 Å². The zero-order valence-electron chi connectivity index (χ0n) is 8.79. The summed E-state index contributed by atoms with van der Waals surface area (Å²) in [5.41, 5.74) is 2.45. The Kier molecular flexibility index (Phi) is 2.76. The summed E-state index contributed by atoms with van der Waals surface area (Å²) >= 11 is 0. The molecule has 76 valence electrons. The van der Waals surface area contributed by atoms with Crippen molar-refractivity contribution in [1.82, 2.24) is 0 Å². The van der Waals surface area contributed by atoms with Gasteiger partial charge >= 0.3 is 0 Å². The van der Waals surface area contributed by atoms with Crippen LogP contribution in [0.15, 0.2) is 18.2 Å². The molecule has 0 radical (unpaired) electrons. The van der Waals surface area contributed by atoms with E-state index in [9.17, 15) is 5.11 Å². The van der Waals surface area contributed by atoms with Crippen LogP contribution in [0.2, 0.25) is 0 Å². The third-order valence-corrected chi connectivity index (χ3v) is 3.31. The minimum atomic E-state index is 0.497. The lowest BCUT2D eigenvalue weighted by Crippen LogP contribution is -2.06. The largest absolute Gasteiger partial charge is 0.508 e. The standard InChI is InChI=1S/C13H18O/c1-10-6-5-9-12(14)13(10)11-7-3-2-4-8-11/h5-6,9,11,14H,2-4,7-8H2,1H3. The Labute approximate surface area is 85.8 Å². The Morgan fingerprint density at radius 1 is 1.14 bits per heavy atom. The van der Waals surface area contributed by atoms with Crippen molar-refractivity contribution in [3.8, 4) is 5.75 Å². The van der Waals surface area contributed by atoms with Gasteiger partial charge in [0.15, 0.2) is 0 Å². The van der Waals surface area contributed by atoms with Gasteiger partial charge in [0.25, 0.3) is 0 Å².